The average molecular weight is 581 g/mol. The van der Waals surface area contributed by atoms with Crippen LogP contribution in [0.5, 0.6) is 0 Å². The Labute approximate surface area is 237 Å². The highest BCUT2D eigenvalue weighted by molar-refractivity contribution is 8.00. The van der Waals surface area contributed by atoms with Crippen molar-refractivity contribution in [2.75, 3.05) is 4.90 Å². The Kier molecular flexibility index (Phi) is 7.95. The largest absolute Gasteiger partial charge is 0.503 e. The summed E-state index contributed by atoms with van der Waals surface area (Å²) in [7, 11) is 0. The highest BCUT2D eigenvalue weighted by Gasteiger charge is 2.45. The molecule has 6 nitrogen and oxygen atoms in total. The van der Waals surface area contributed by atoms with E-state index in [9.17, 15) is 14.7 Å². The molecule has 1 unspecified atom stereocenters. The molecule has 38 heavy (non-hydrogen) atoms. The lowest BCUT2D eigenvalue weighted by atomic mass is 9.96. The van der Waals surface area contributed by atoms with E-state index in [-0.39, 0.29) is 10.7 Å². The van der Waals surface area contributed by atoms with Crippen molar-refractivity contribution in [3.63, 3.8) is 0 Å². The van der Waals surface area contributed by atoms with Crippen LogP contribution in [0.2, 0.25) is 10.0 Å². The van der Waals surface area contributed by atoms with Crippen molar-refractivity contribution in [2.24, 2.45) is 0 Å². The third-order valence-corrected chi connectivity index (χ3v) is 8.48. The fourth-order valence-electron chi connectivity index (χ4n) is 3.97. The molecule has 5 rings (SSSR count). The number of amides is 1. The molecule has 1 amide bonds. The number of aliphatic hydroxyl groups is 1. The van der Waals surface area contributed by atoms with Crippen molar-refractivity contribution in [1.82, 2.24) is 10.2 Å². The normalized spacial score (nSPS) is 15.6. The van der Waals surface area contributed by atoms with E-state index in [2.05, 4.69) is 10.2 Å². The Morgan fingerprint density at radius 1 is 1.03 bits per heavy atom. The first kappa shape index (κ1) is 26.2. The van der Waals surface area contributed by atoms with Gasteiger partial charge < -0.3 is 5.11 Å². The van der Waals surface area contributed by atoms with Gasteiger partial charge in [0.2, 0.25) is 5.13 Å². The molecule has 190 valence electrons. The number of allylic oxidation sites excluding steroid dienone is 1. The van der Waals surface area contributed by atoms with Crippen LogP contribution in [-0.4, -0.2) is 27.0 Å². The third kappa shape index (κ3) is 5.54. The minimum atomic E-state index is -0.854. The summed E-state index contributed by atoms with van der Waals surface area (Å²) >= 11 is 14.9. The summed E-state index contributed by atoms with van der Waals surface area (Å²) in [4.78, 5) is 27.9. The number of ketones is 1. The molecule has 1 N–H and O–H groups in total. The summed E-state index contributed by atoms with van der Waals surface area (Å²) in [6, 6.07) is 22.8. The van der Waals surface area contributed by atoms with Crippen molar-refractivity contribution in [3.8, 4) is 0 Å². The van der Waals surface area contributed by atoms with Crippen LogP contribution in [0.4, 0.5) is 5.13 Å². The smallest absolute Gasteiger partial charge is 0.296 e. The third-order valence-electron chi connectivity index (χ3n) is 5.78. The molecule has 4 aromatic rings. The lowest BCUT2D eigenvalue weighted by Crippen LogP contribution is -2.30. The predicted molar refractivity (Wildman–Crippen MR) is 153 cm³/mol. The van der Waals surface area contributed by atoms with Crippen LogP contribution >= 0.6 is 46.3 Å². The standard InChI is InChI=1S/C28H19Cl2N3O3S2/c29-20-13-12-19(21(30)15-20)16-37-28-32-31-27(38-28)33-24(18-9-5-2-6-10-18)23(25(35)26(33)36)22(34)14-11-17-7-3-1-4-8-17/h1-15,24,35H,16H2/b14-11+. The number of aromatic nitrogens is 2. The van der Waals surface area contributed by atoms with Gasteiger partial charge in [-0.25, -0.2) is 0 Å². The molecule has 1 aromatic heterocycles. The van der Waals surface area contributed by atoms with E-state index in [1.54, 1.807) is 30.3 Å². The number of benzene rings is 3. The first-order valence-corrected chi connectivity index (χ1v) is 14.0. The lowest BCUT2D eigenvalue weighted by Gasteiger charge is -2.23. The zero-order chi connectivity index (χ0) is 26.6. The predicted octanol–water partition coefficient (Wildman–Crippen LogP) is 7.32. The van der Waals surface area contributed by atoms with Gasteiger partial charge in [0.1, 0.15) is 0 Å². The fraction of sp³-hybridized carbons (Fsp3) is 0.0714. The first-order valence-electron chi connectivity index (χ1n) is 11.4. The number of carbonyl (C=O) groups excluding carboxylic acids is 2. The Morgan fingerprint density at radius 2 is 1.74 bits per heavy atom. The lowest BCUT2D eigenvalue weighted by molar-refractivity contribution is -0.117. The van der Waals surface area contributed by atoms with Crippen LogP contribution in [0.1, 0.15) is 22.7 Å². The van der Waals surface area contributed by atoms with Gasteiger partial charge in [0.25, 0.3) is 5.91 Å². The van der Waals surface area contributed by atoms with E-state index >= 15 is 0 Å². The molecule has 3 aromatic carbocycles. The second-order valence-corrected chi connectivity index (χ2v) is 11.3. The van der Waals surface area contributed by atoms with Gasteiger partial charge in [-0.3, -0.25) is 14.5 Å². The number of aliphatic hydroxyl groups excluding tert-OH is 1. The van der Waals surface area contributed by atoms with Crippen molar-refractivity contribution in [2.45, 2.75) is 16.1 Å². The highest BCUT2D eigenvalue weighted by Crippen LogP contribution is 2.43. The van der Waals surface area contributed by atoms with Crippen molar-refractivity contribution >= 4 is 69.2 Å². The van der Waals surface area contributed by atoms with Gasteiger partial charge in [-0.15, -0.1) is 10.2 Å². The SMILES string of the molecule is O=C(/C=C/c1ccccc1)C1=C(O)C(=O)N(c2nnc(SCc3ccc(Cl)cc3Cl)s2)C1c1ccccc1. The highest BCUT2D eigenvalue weighted by atomic mass is 35.5. The van der Waals surface area contributed by atoms with Gasteiger partial charge in [0.05, 0.1) is 11.6 Å². The summed E-state index contributed by atoms with van der Waals surface area (Å²) in [6.07, 6.45) is 3.02. The van der Waals surface area contributed by atoms with Gasteiger partial charge in [0, 0.05) is 15.8 Å². The van der Waals surface area contributed by atoms with E-state index in [1.807, 2.05) is 54.6 Å². The summed E-state index contributed by atoms with van der Waals surface area (Å²) in [5, 5.41) is 20.7. The average Bonchev–Trinajstić information content (AvgIpc) is 3.50. The number of thioether (sulfide) groups is 1. The molecular formula is C28H19Cl2N3O3S2. The molecule has 2 heterocycles. The first-order chi connectivity index (χ1) is 18.4. The van der Waals surface area contributed by atoms with Gasteiger partial charge in [0.15, 0.2) is 15.9 Å². The maximum atomic E-state index is 13.3. The molecule has 0 radical (unpaired) electrons. The quantitative estimate of drug-likeness (QED) is 0.134. The molecule has 0 saturated carbocycles. The van der Waals surface area contributed by atoms with Crippen LogP contribution in [-0.2, 0) is 15.3 Å². The maximum absolute atomic E-state index is 13.3. The van der Waals surface area contributed by atoms with E-state index in [0.29, 0.717) is 25.7 Å². The van der Waals surface area contributed by atoms with E-state index in [0.717, 1.165) is 11.1 Å². The maximum Gasteiger partial charge on any atom is 0.296 e. The zero-order valence-corrected chi connectivity index (χ0v) is 22.8. The van der Waals surface area contributed by atoms with Crippen LogP contribution in [0.25, 0.3) is 6.08 Å². The molecule has 0 aliphatic carbocycles. The van der Waals surface area contributed by atoms with E-state index < -0.39 is 23.5 Å². The minimum Gasteiger partial charge on any atom is -0.503 e. The van der Waals surface area contributed by atoms with Crippen LogP contribution < -0.4 is 4.90 Å². The van der Waals surface area contributed by atoms with Crippen molar-refractivity contribution < 1.29 is 14.7 Å². The van der Waals surface area contributed by atoms with Crippen LogP contribution in [0, 0.1) is 0 Å². The van der Waals surface area contributed by atoms with Crippen LogP contribution in [0.15, 0.2) is 101 Å². The zero-order valence-electron chi connectivity index (χ0n) is 19.6. The number of carbonyl (C=O) groups is 2. The number of rotatable bonds is 8. The second kappa shape index (κ2) is 11.5. The van der Waals surface area contributed by atoms with Crippen molar-refractivity contribution in [1.29, 1.82) is 0 Å². The van der Waals surface area contributed by atoms with Crippen molar-refractivity contribution in [3.05, 3.63) is 123 Å². The summed E-state index contributed by atoms with van der Waals surface area (Å²) < 4.78 is 0.605. The molecule has 0 saturated heterocycles. The number of hydrogen-bond acceptors (Lipinski definition) is 7. The second-order valence-electron chi connectivity index (χ2n) is 8.23. The Balaban J connectivity index is 1.43. The number of halogens is 2. The topological polar surface area (TPSA) is 83.4 Å². The monoisotopic (exact) mass is 579 g/mol. The minimum absolute atomic E-state index is 0.00858. The summed E-state index contributed by atoms with van der Waals surface area (Å²) in [6.45, 7) is 0. The fourth-order valence-corrected chi connectivity index (χ4v) is 6.39. The molecule has 0 fully saturated rings. The van der Waals surface area contributed by atoms with E-state index in [1.165, 1.54) is 34.1 Å². The Morgan fingerprint density at radius 3 is 2.45 bits per heavy atom. The summed E-state index contributed by atoms with van der Waals surface area (Å²) in [5.41, 5.74) is 2.36. The van der Waals surface area contributed by atoms with Gasteiger partial charge in [-0.05, 0) is 34.9 Å². The van der Waals surface area contributed by atoms with Gasteiger partial charge in [-0.2, -0.15) is 0 Å². The number of anilines is 1. The van der Waals surface area contributed by atoms with Crippen LogP contribution in [0.3, 0.4) is 0 Å². The summed E-state index contributed by atoms with van der Waals surface area (Å²) in [5.74, 6) is -1.24. The molecular weight excluding hydrogens is 561 g/mol. The molecule has 10 heteroatoms. The molecule has 1 atom stereocenters. The van der Waals surface area contributed by atoms with E-state index in [4.69, 9.17) is 23.2 Å². The Bertz CT molecular complexity index is 1560. The van der Waals surface area contributed by atoms with Gasteiger partial charge >= 0.3 is 0 Å². The number of nitrogens with zero attached hydrogens (tertiary/aromatic N) is 3. The molecule has 0 spiro atoms. The molecule has 0 bridgehead atoms. The molecule has 1 aliphatic rings. The van der Waals surface area contributed by atoms with Gasteiger partial charge in [-0.1, -0.05) is 119 Å². The Hall–Kier alpha value is -3.43. The molecule has 1 aliphatic heterocycles. The number of hydrogen-bond donors (Lipinski definition) is 1.